The molecule has 2 nitrogen and oxygen atoms in total. The predicted octanol–water partition coefficient (Wildman–Crippen LogP) is 3.99. The van der Waals surface area contributed by atoms with E-state index >= 15 is 0 Å². The summed E-state index contributed by atoms with van der Waals surface area (Å²) < 4.78 is 36.3. The van der Waals surface area contributed by atoms with E-state index < -0.39 is 18.5 Å². The number of halogens is 5. The van der Waals surface area contributed by atoms with Crippen molar-refractivity contribution in [2.24, 2.45) is 0 Å². The molecule has 0 radical (unpaired) electrons. The number of benzene rings is 1. The minimum atomic E-state index is -4.53. The van der Waals surface area contributed by atoms with Gasteiger partial charge in [-0.05, 0) is 18.2 Å². The van der Waals surface area contributed by atoms with Gasteiger partial charge in [0, 0.05) is 4.47 Å². The van der Waals surface area contributed by atoms with Crippen molar-refractivity contribution in [3.63, 3.8) is 0 Å². The van der Waals surface area contributed by atoms with Gasteiger partial charge < -0.3 is 5.32 Å². The van der Waals surface area contributed by atoms with Gasteiger partial charge in [0.1, 0.15) is 6.42 Å². The molecule has 0 heterocycles. The SMILES string of the molecule is O=C(CC(F)(F)F)Nc1cc(Br)ccc1Cl. The van der Waals surface area contributed by atoms with Crippen LogP contribution in [0.1, 0.15) is 6.42 Å². The molecule has 1 amide bonds. The van der Waals surface area contributed by atoms with Crippen molar-refractivity contribution in [1.82, 2.24) is 0 Å². The lowest BCUT2D eigenvalue weighted by atomic mass is 10.3. The quantitative estimate of drug-likeness (QED) is 0.878. The highest BCUT2D eigenvalue weighted by atomic mass is 79.9. The molecule has 0 aliphatic carbocycles. The predicted molar refractivity (Wildman–Crippen MR) is 58.5 cm³/mol. The molecular weight excluding hydrogens is 310 g/mol. The maximum atomic E-state index is 11.9. The Balaban J connectivity index is 2.73. The minimum absolute atomic E-state index is 0.144. The maximum absolute atomic E-state index is 11.9. The van der Waals surface area contributed by atoms with E-state index in [1.54, 1.807) is 6.07 Å². The smallest absolute Gasteiger partial charge is 0.324 e. The largest absolute Gasteiger partial charge is 0.397 e. The van der Waals surface area contributed by atoms with Gasteiger partial charge in [0.2, 0.25) is 5.91 Å². The molecular formula is C9H6BrClF3NO. The Morgan fingerprint density at radius 1 is 1.44 bits per heavy atom. The van der Waals surface area contributed by atoms with Crippen LogP contribution >= 0.6 is 27.5 Å². The summed E-state index contributed by atoms with van der Waals surface area (Å²) in [6, 6.07) is 4.51. The van der Waals surface area contributed by atoms with Crippen LogP contribution in [0.5, 0.6) is 0 Å². The number of carbonyl (C=O) groups is 1. The molecule has 0 aliphatic rings. The zero-order valence-electron chi connectivity index (χ0n) is 7.74. The molecule has 1 aromatic carbocycles. The Kier molecular flexibility index (Phi) is 4.21. The first kappa shape index (κ1) is 13.3. The molecule has 1 rings (SSSR count). The summed E-state index contributed by atoms with van der Waals surface area (Å²) in [4.78, 5) is 11.0. The van der Waals surface area contributed by atoms with Crippen molar-refractivity contribution >= 4 is 39.1 Å². The highest BCUT2D eigenvalue weighted by Crippen LogP contribution is 2.27. The second-order valence-corrected chi connectivity index (χ2v) is 4.29. The summed E-state index contributed by atoms with van der Waals surface area (Å²) in [6.45, 7) is 0. The topological polar surface area (TPSA) is 29.1 Å². The second kappa shape index (κ2) is 5.05. The molecule has 0 aliphatic heterocycles. The van der Waals surface area contributed by atoms with Crippen LogP contribution in [0.2, 0.25) is 5.02 Å². The lowest BCUT2D eigenvalue weighted by molar-refractivity contribution is -0.150. The lowest BCUT2D eigenvalue weighted by Gasteiger charge is -2.09. The van der Waals surface area contributed by atoms with Crippen LogP contribution in [-0.2, 0) is 4.79 Å². The van der Waals surface area contributed by atoms with E-state index in [0.717, 1.165) is 0 Å². The maximum Gasteiger partial charge on any atom is 0.397 e. The van der Waals surface area contributed by atoms with E-state index in [9.17, 15) is 18.0 Å². The zero-order chi connectivity index (χ0) is 12.3. The van der Waals surface area contributed by atoms with Crippen molar-refractivity contribution in [1.29, 1.82) is 0 Å². The first-order chi connectivity index (χ1) is 7.28. The van der Waals surface area contributed by atoms with E-state index in [4.69, 9.17) is 11.6 Å². The molecule has 0 aromatic heterocycles. The summed E-state index contributed by atoms with van der Waals surface area (Å²) in [6.07, 6.45) is -6.06. The molecule has 1 aromatic rings. The summed E-state index contributed by atoms with van der Waals surface area (Å²) >= 11 is 8.81. The van der Waals surface area contributed by atoms with Crippen LogP contribution in [0.25, 0.3) is 0 Å². The molecule has 0 spiro atoms. The number of carbonyl (C=O) groups excluding carboxylic acids is 1. The first-order valence-corrected chi connectivity index (χ1v) is 5.27. The average molecular weight is 317 g/mol. The van der Waals surface area contributed by atoms with Crippen molar-refractivity contribution in [3.05, 3.63) is 27.7 Å². The minimum Gasteiger partial charge on any atom is -0.324 e. The number of nitrogens with one attached hydrogen (secondary N) is 1. The number of rotatable bonds is 2. The fraction of sp³-hybridized carbons (Fsp3) is 0.222. The normalized spacial score (nSPS) is 11.3. The number of hydrogen-bond acceptors (Lipinski definition) is 1. The van der Waals surface area contributed by atoms with Gasteiger partial charge in [-0.15, -0.1) is 0 Å². The van der Waals surface area contributed by atoms with Gasteiger partial charge in [-0.1, -0.05) is 27.5 Å². The Labute approximate surface area is 103 Å². The van der Waals surface area contributed by atoms with Crippen LogP contribution in [0, 0.1) is 0 Å². The van der Waals surface area contributed by atoms with Crippen LogP contribution in [-0.4, -0.2) is 12.1 Å². The summed E-state index contributed by atoms with van der Waals surface area (Å²) in [5.74, 6) is -1.15. The Morgan fingerprint density at radius 3 is 2.62 bits per heavy atom. The third kappa shape index (κ3) is 4.40. The van der Waals surface area contributed by atoms with Gasteiger partial charge in [-0.3, -0.25) is 4.79 Å². The molecule has 0 bridgehead atoms. The highest BCUT2D eigenvalue weighted by molar-refractivity contribution is 9.10. The van der Waals surface area contributed by atoms with Crippen LogP contribution < -0.4 is 5.32 Å². The number of anilines is 1. The van der Waals surface area contributed by atoms with Gasteiger partial charge in [-0.25, -0.2) is 0 Å². The second-order valence-electron chi connectivity index (χ2n) is 2.96. The molecule has 0 saturated heterocycles. The first-order valence-electron chi connectivity index (χ1n) is 4.09. The third-order valence-electron chi connectivity index (χ3n) is 1.56. The summed E-state index contributed by atoms with van der Waals surface area (Å²) in [5, 5.41) is 2.27. The summed E-state index contributed by atoms with van der Waals surface area (Å²) in [7, 11) is 0. The Morgan fingerprint density at radius 2 is 2.06 bits per heavy atom. The third-order valence-corrected chi connectivity index (χ3v) is 2.39. The van der Waals surface area contributed by atoms with Crippen molar-refractivity contribution in [2.45, 2.75) is 12.6 Å². The van der Waals surface area contributed by atoms with Gasteiger partial charge >= 0.3 is 6.18 Å². The molecule has 0 unspecified atom stereocenters. The zero-order valence-corrected chi connectivity index (χ0v) is 10.1. The number of alkyl halides is 3. The van der Waals surface area contributed by atoms with Gasteiger partial charge in [0.15, 0.2) is 0 Å². The van der Waals surface area contributed by atoms with Crippen LogP contribution in [0.3, 0.4) is 0 Å². The fourth-order valence-electron chi connectivity index (χ4n) is 0.970. The van der Waals surface area contributed by atoms with Crippen molar-refractivity contribution in [2.75, 3.05) is 5.32 Å². The highest BCUT2D eigenvalue weighted by Gasteiger charge is 2.31. The van der Waals surface area contributed by atoms with Gasteiger partial charge in [-0.2, -0.15) is 13.2 Å². The van der Waals surface area contributed by atoms with Gasteiger partial charge in [0.25, 0.3) is 0 Å². The van der Waals surface area contributed by atoms with Crippen molar-refractivity contribution < 1.29 is 18.0 Å². The Bertz CT molecular complexity index is 408. The number of hydrogen-bond donors (Lipinski definition) is 1. The Hall–Kier alpha value is -0.750. The molecule has 16 heavy (non-hydrogen) atoms. The van der Waals surface area contributed by atoms with Crippen LogP contribution in [0.4, 0.5) is 18.9 Å². The van der Waals surface area contributed by atoms with Crippen LogP contribution in [0.15, 0.2) is 22.7 Å². The number of amides is 1. The average Bonchev–Trinajstić information content (AvgIpc) is 2.08. The molecule has 88 valence electrons. The van der Waals surface area contributed by atoms with E-state index in [0.29, 0.717) is 4.47 Å². The van der Waals surface area contributed by atoms with Gasteiger partial charge in [0.05, 0.1) is 10.7 Å². The molecule has 0 atom stereocenters. The van der Waals surface area contributed by atoms with E-state index in [1.807, 2.05) is 0 Å². The van der Waals surface area contributed by atoms with E-state index in [1.165, 1.54) is 12.1 Å². The molecule has 1 N–H and O–H groups in total. The van der Waals surface area contributed by atoms with Crippen molar-refractivity contribution in [3.8, 4) is 0 Å². The molecule has 0 saturated carbocycles. The fourth-order valence-corrected chi connectivity index (χ4v) is 1.50. The molecule has 7 heteroatoms. The van der Waals surface area contributed by atoms with E-state index in [2.05, 4.69) is 21.2 Å². The summed E-state index contributed by atoms with van der Waals surface area (Å²) in [5.41, 5.74) is 0.144. The van der Waals surface area contributed by atoms with E-state index in [-0.39, 0.29) is 10.7 Å². The molecule has 0 fully saturated rings. The monoisotopic (exact) mass is 315 g/mol. The standard InChI is InChI=1S/C9H6BrClF3NO/c10-5-1-2-6(11)7(3-5)15-8(16)4-9(12,13)14/h1-3H,4H2,(H,15,16). The lowest BCUT2D eigenvalue weighted by Crippen LogP contribution is -2.21.